The summed E-state index contributed by atoms with van der Waals surface area (Å²) < 4.78 is 4.46. The molecule has 94 valence electrons. The molecular weight excluding hydrogens is 277 g/mol. The molecule has 1 heterocycles. The van der Waals surface area contributed by atoms with Gasteiger partial charge in [-0.05, 0) is 6.07 Å². The van der Waals surface area contributed by atoms with Crippen LogP contribution in [0.4, 0.5) is 0 Å². The number of carbonyl (C=O) groups excluding carboxylic acids is 2. The molecule has 6 heteroatoms. The molecule has 1 aromatic carbocycles. The van der Waals surface area contributed by atoms with Gasteiger partial charge in [0, 0.05) is 17.1 Å². The highest BCUT2D eigenvalue weighted by Crippen LogP contribution is 2.32. The molecule has 18 heavy (non-hydrogen) atoms. The van der Waals surface area contributed by atoms with Crippen molar-refractivity contribution in [2.75, 3.05) is 7.11 Å². The van der Waals surface area contributed by atoms with E-state index in [4.69, 9.17) is 23.2 Å². The molecule has 4 nitrogen and oxygen atoms in total. The number of rotatable bonds is 3. The summed E-state index contributed by atoms with van der Waals surface area (Å²) in [4.78, 5) is 25.8. The standard InChI is InChI=1S/C12H9Cl2NO3/c1-18-10(17)4-9(16)7-5-15-12-6(7)2-3-8(13)11(12)14/h2-3,5,15H,4H2,1H3. The molecule has 0 amide bonds. The molecule has 0 aliphatic heterocycles. The summed E-state index contributed by atoms with van der Waals surface area (Å²) in [6.45, 7) is 0. The molecule has 0 aliphatic carbocycles. The first-order valence-corrected chi connectivity index (χ1v) is 5.85. The fourth-order valence-corrected chi connectivity index (χ4v) is 2.04. The average molecular weight is 286 g/mol. The number of H-pyrrole nitrogens is 1. The second kappa shape index (κ2) is 5.00. The fourth-order valence-electron chi connectivity index (χ4n) is 1.67. The number of halogens is 2. The molecule has 2 aromatic rings. The number of nitrogens with one attached hydrogen (secondary N) is 1. The van der Waals surface area contributed by atoms with Gasteiger partial charge >= 0.3 is 5.97 Å². The SMILES string of the molecule is COC(=O)CC(=O)c1c[nH]c2c(Cl)c(Cl)ccc12. The zero-order valence-electron chi connectivity index (χ0n) is 9.42. The van der Waals surface area contributed by atoms with Crippen molar-refractivity contribution >= 4 is 45.9 Å². The topological polar surface area (TPSA) is 59.2 Å². The van der Waals surface area contributed by atoms with Crippen molar-refractivity contribution in [1.29, 1.82) is 0 Å². The van der Waals surface area contributed by atoms with Gasteiger partial charge in [-0.25, -0.2) is 0 Å². The Hall–Kier alpha value is -1.52. The monoisotopic (exact) mass is 285 g/mol. The first-order valence-electron chi connectivity index (χ1n) is 5.09. The van der Waals surface area contributed by atoms with Crippen LogP contribution in [0, 0.1) is 0 Å². The van der Waals surface area contributed by atoms with Gasteiger partial charge in [0.1, 0.15) is 6.42 Å². The summed E-state index contributed by atoms with van der Waals surface area (Å²) in [6.07, 6.45) is 1.21. The summed E-state index contributed by atoms with van der Waals surface area (Å²) in [6, 6.07) is 3.29. The number of carbonyl (C=O) groups is 2. The predicted molar refractivity (Wildman–Crippen MR) is 69.3 cm³/mol. The van der Waals surface area contributed by atoms with Crippen LogP contribution in [-0.4, -0.2) is 23.8 Å². The number of hydrogen-bond acceptors (Lipinski definition) is 3. The highest BCUT2D eigenvalue weighted by atomic mass is 35.5. The maximum absolute atomic E-state index is 11.9. The van der Waals surface area contributed by atoms with Crippen LogP contribution < -0.4 is 0 Å². The minimum absolute atomic E-state index is 0.302. The van der Waals surface area contributed by atoms with Gasteiger partial charge in [-0.15, -0.1) is 0 Å². The smallest absolute Gasteiger partial charge is 0.313 e. The number of esters is 1. The average Bonchev–Trinajstić information content (AvgIpc) is 2.78. The van der Waals surface area contributed by atoms with E-state index in [9.17, 15) is 9.59 Å². The minimum atomic E-state index is -0.575. The van der Waals surface area contributed by atoms with Gasteiger partial charge < -0.3 is 9.72 Å². The van der Waals surface area contributed by atoms with Crippen LogP contribution in [0.5, 0.6) is 0 Å². The Balaban J connectivity index is 2.44. The zero-order chi connectivity index (χ0) is 13.3. The van der Waals surface area contributed by atoms with E-state index in [-0.39, 0.29) is 12.2 Å². The van der Waals surface area contributed by atoms with Crippen molar-refractivity contribution in [2.45, 2.75) is 6.42 Å². The zero-order valence-corrected chi connectivity index (χ0v) is 10.9. The lowest BCUT2D eigenvalue weighted by molar-refractivity contribution is -0.139. The van der Waals surface area contributed by atoms with Crippen molar-refractivity contribution in [1.82, 2.24) is 4.98 Å². The van der Waals surface area contributed by atoms with Gasteiger partial charge in [-0.3, -0.25) is 9.59 Å². The van der Waals surface area contributed by atoms with Crippen LogP contribution >= 0.6 is 23.2 Å². The van der Waals surface area contributed by atoms with Gasteiger partial charge in [0.2, 0.25) is 0 Å². The summed E-state index contributed by atoms with van der Waals surface area (Å²) >= 11 is 11.9. The molecule has 0 saturated carbocycles. The molecule has 0 unspecified atom stereocenters. The van der Waals surface area contributed by atoms with Gasteiger partial charge in [0.15, 0.2) is 5.78 Å². The lowest BCUT2D eigenvalue weighted by Gasteiger charge is -2.00. The molecule has 0 aliphatic rings. The van der Waals surface area contributed by atoms with Crippen LogP contribution in [0.15, 0.2) is 18.3 Å². The Kier molecular flexibility index (Phi) is 3.59. The number of hydrogen-bond donors (Lipinski definition) is 1. The van der Waals surface area contributed by atoms with E-state index in [0.29, 0.717) is 26.5 Å². The minimum Gasteiger partial charge on any atom is -0.469 e. The fraction of sp³-hybridized carbons (Fsp3) is 0.167. The molecule has 0 atom stereocenters. The number of ether oxygens (including phenoxy) is 1. The van der Waals surface area contributed by atoms with E-state index in [1.165, 1.54) is 13.3 Å². The number of aromatic amines is 1. The maximum atomic E-state index is 11.9. The number of methoxy groups -OCH3 is 1. The predicted octanol–water partition coefficient (Wildman–Crippen LogP) is 3.22. The third kappa shape index (κ3) is 2.21. The quantitative estimate of drug-likeness (QED) is 0.535. The molecule has 1 N–H and O–H groups in total. The van der Waals surface area contributed by atoms with Crippen molar-refractivity contribution < 1.29 is 14.3 Å². The van der Waals surface area contributed by atoms with Crippen LogP contribution in [-0.2, 0) is 9.53 Å². The molecule has 0 saturated heterocycles. The number of aromatic nitrogens is 1. The lowest BCUT2D eigenvalue weighted by atomic mass is 10.1. The number of benzene rings is 1. The second-order valence-electron chi connectivity index (χ2n) is 3.66. The van der Waals surface area contributed by atoms with E-state index in [0.717, 1.165) is 0 Å². The Morgan fingerprint density at radius 2 is 2.06 bits per heavy atom. The Morgan fingerprint density at radius 3 is 2.72 bits per heavy atom. The largest absolute Gasteiger partial charge is 0.469 e. The summed E-state index contributed by atoms with van der Waals surface area (Å²) in [5.41, 5.74) is 0.978. The van der Waals surface area contributed by atoms with Crippen LogP contribution in [0.3, 0.4) is 0 Å². The Labute approximate surface area is 113 Å². The van der Waals surface area contributed by atoms with E-state index in [1.54, 1.807) is 12.1 Å². The number of Topliss-reactive ketones (excluding diaryl/α,β-unsaturated/α-hetero) is 1. The Morgan fingerprint density at radius 1 is 1.33 bits per heavy atom. The molecule has 2 rings (SSSR count). The second-order valence-corrected chi connectivity index (χ2v) is 4.45. The van der Waals surface area contributed by atoms with Crippen molar-refractivity contribution in [2.24, 2.45) is 0 Å². The molecule has 0 fully saturated rings. The van der Waals surface area contributed by atoms with Crippen molar-refractivity contribution in [3.8, 4) is 0 Å². The summed E-state index contributed by atoms with van der Waals surface area (Å²) in [7, 11) is 1.24. The third-order valence-corrected chi connectivity index (χ3v) is 3.38. The molecule has 0 bridgehead atoms. The summed E-state index contributed by atoms with van der Waals surface area (Å²) in [5.74, 6) is -0.902. The van der Waals surface area contributed by atoms with E-state index < -0.39 is 5.97 Å². The van der Waals surface area contributed by atoms with E-state index >= 15 is 0 Å². The molecule has 0 radical (unpaired) electrons. The van der Waals surface area contributed by atoms with Crippen LogP contribution in [0.1, 0.15) is 16.8 Å². The van der Waals surface area contributed by atoms with Gasteiger partial charge in [0.05, 0.1) is 22.7 Å². The highest BCUT2D eigenvalue weighted by Gasteiger charge is 2.17. The number of fused-ring (bicyclic) bond motifs is 1. The van der Waals surface area contributed by atoms with E-state index in [2.05, 4.69) is 9.72 Å². The third-order valence-electron chi connectivity index (χ3n) is 2.58. The molecule has 0 spiro atoms. The van der Waals surface area contributed by atoms with Gasteiger partial charge in [-0.2, -0.15) is 0 Å². The van der Waals surface area contributed by atoms with Crippen molar-refractivity contribution in [3.63, 3.8) is 0 Å². The first-order chi connectivity index (χ1) is 8.54. The summed E-state index contributed by atoms with van der Waals surface area (Å²) in [5, 5.41) is 1.39. The number of ketones is 1. The van der Waals surface area contributed by atoms with Gasteiger partial charge in [0.25, 0.3) is 0 Å². The van der Waals surface area contributed by atoms with Crippen LogP contribution in [0.2, 0.25) is 10.0 Å². The highest BCUT2D eigenvalue weighted by molar-refractivity contribution is 6.45. The molecule has 1 aromatic heterocycles. The normalized spacial score (nSPS) is 10.6. The van der Waals surface area contributed by atoms with Crippen molar-refractivity contribution in [3.05, 3.63) is 33.9 Å². The Bertz CT molecular complexity index is 634. The first kappa shape index (κ1) is 12.9. The maximum Gasteiger partial charge on any atom is 0.313 e. The lowest BCUT2D eigenvalue weighted by Crippen LogP contribution is -2.09. The van der Waals surface area contributed by atoms with Gasteiger partial charge in [-0.1, -0.05) is 29.3 Å². The molecular formula is C12H9Cl2NO3. The van der Waals surface area contributed by atoms with E-state index in [1.807, 2.05) is 0 Å². The van der Waals surface area contributed by atoms with Crippen LogP contribution in [0.25, 0.3) is 10.9 Å².